The first-order valence-corrected chi connectivity index (χ1v) is 4.47. The molecule has 0 aliphatic rings. The van der Waals surface area contributed by atoms with E-state index in [4.69, 9.17) is 12.3 Å². The maximum Gasteiger partial charge on any atom is 0.125 e. The number of aromatic nitrogens is 2. The Labute approximate surface area is 83.9 Å². The smallest absolute Gasteiger partial charge is 0.125 e. The molecule has 3 N–H and O–H groups in total. The van der Waals surface area contributed by atoms with Crippen LogP contribution in [0.3, 0.4) is 0 Å². The van der Waals surface area contributed by atoms with Gasteiger partial charge in [-0.3, -0.25) is 11.3 Å². The zero-order valence-corrected chi connectivity index (χ0v) is 8.20. The van der Waals surface area contributed by atoms with Crippen LogP contribution in [-0.4, -0.2) is 9.97 Å². The Bertz CT molecular complexity index is 329. The SMILES string of the molecule is C#CCCC(NN)c1ccnc(C)n1. The lowest BCUT2D eigenvalue weighted by atomic mass is 10.1. The Morgan fingerprint density at radius 2 is 2.50 bits per heavy atom. The second kappa shape index (κ2) is 5.32. The van der Waals surface area contributed by atoms with Gasteiger partial charge in [0.1, 0.15) is 5.82 Å². The highest BCUT2D eigenvalue weighted by molar-refractivity contribution is 5.07. The van der Waals surface area contributed by atoms with E-state index < -0.39 is 0 Å². The van der Waals surface area contributed by atoms with Crippen molar-refractivity contribution in [3.8, 4) is 12.3 Å². The molecular weight excluding hydrogens is 176 g/mol. The Hall–Kier alpha value is -1.44. The molecule has 1 aromatic rings. The number of hydrogen-bond donors (Lipinski definition) is 2. The van der Waals surface area contributed by atoms with Crippen LogP contribution in [0.1, 0.15) is 30.4 Å². The highest BCUT2D eigenvalue weighted by atomic mass is 15.2. The maximum absolute atomic E-state index is 5.42. The summed E-state index contributed by atoms with van der Waals surface area (Å²) in [5, 5.41) is 0. The lowest BCUT2D eigenvalue weighted by molar-refractivity contribution is 0.509. The minimum Gasteiger partial charge on any atom is -0.271 e. The van der Waals surface area contributed by atoms with Crippen LogP contribution >= 0.6 is 0 Å². The Morgan fingerprint density at radius 3 is 3.07 bits per heavy atom. The van der Waals surface area contributed by atoms with E-state index in [1.54, 1.807) is 6.20 Å². The summed E-state index contributed by atoms with van der Waals surface area (Å²) in [6.07, 6.45) is 8.37. The van der Waals surface area contributed by atoms with E-state index in [1.165, 1.54) is 0 Å². The fraction of sp³-hybridized carbons (Fsp3) is 0.400. The van der Waals surface area contributed by atoms with Crippen molar-refractivity contribution in [2.75, 3.05) is 0 Å². The fourth-order valence-corrected chi connectivity index (χ4v) is 1.21. The van der Waals surface area contributed by atoms with Crippen LogP contribution in [0.5, 0.6) is 0 Å². The molecule has 1 atom stereocenters. The molecule has 74 valence electrons. The lowest BCUT2D eigenvalue weighted by Gasteiger charge is -2.13. The number of nitrogens with zero attached hydrogens (tertiary/aromatic N) is 2. The summed E-state index contributed by atoms with van der Waals surface area (Å²) in [7, 11) is 0. The van der Waals surface area contributed by atoms with Gasteiger partial charge < -0.3 is 0 Å². The van der Waals surface area contributed by atoms with Gasteiger partial charge in [0.25, 0.3) is 0 Å². The maximum atomic E-state index is 5.42. The van der Waals surface area contributed by atoms with Gasteiger partial charge in [0, 0.05) is 12.6 Å². The molecule has 4 nitrogen and oxygen atoms in total. The van der Waals surface area contributed by atoms with Crippen molar-refractivity contribution in [2.45, 2.75) is 25.8 Å². The average Bonchev–Trinajstić information content (AvgIpc) is 2.19. The van der Waals surface area contributed by atoms with Gasteiger partial charge in [0.15, 0.2) is 0 Å². The normalized spacial score (nSPS) is 12.1. The molecular formula is C10H14N4. The molecule has 1 rings (SSSR count). The minimum absolute atomic E-state index is 0.00718. The molecule has 1 aromatic heterocycles. The van der Waals surface area contributed by atoms with Gasteiger partial charge in [-0.15, -0.1) is 12.3 Å². The van der Waals surface area contributed by atoms with Crippen LogP contribution in [0, 0.1) is 19.3 Å². The number of aryl methyl sites for hydroxylation is 1. The van der Waals surface area contributed by atoms with Gasteiger partial charge in [-0.1, -0.05) is 0 Å². The minimum atomic E-state index is 0.00718. The van der Waals surface area contributed by atoms with Crippen molar-refractivity contribution in [1.82, 2.24) is 15.4 Å². The molecule has 0 saturated heterocycles. The summed E-state index contributed by atoms with van der Waals surface area (Å²) in [6, 6.07) is 1.85. The molecule has 0 saturated carbocycles. The number of nitrogens with one attached hydrogen (secondary N) is 1. The van der Waals surface area contributed by atoms with Gasteiger partial charge in [0.05, 0.1) is 11.7 Å². The summed E-state index contributed by atoms with van der Waals surface area (Å²) in [4.78, 5) is 8.29. The van der Waals surface area contributed by atoms with E-state index in [0.717, 1.165) is 17.9 Å². The predicted octanol–water partition coefficient (Wildman–Crippen LogP) is 0.703. The third kappa shape index (κ3) is 2.80. The van der Waals surface area contributed by atoms with Gasteiger partial charge >= 0.3 is 0 Å². The summed E-state index contributed by atoms with van der Waals surface area (Å²) >= 11 is 0. The molecule has 0 spiro atoms. The summed E-state index contributed by atoms with van der Waals surface area (Å²) < 4.78 is 0. The molecule has 1 heterocycles. The van der Waals surface area contributed by atoms with E-state index in [9.17, 15) is 0 Å². The third-order valence-corrected chi connectivity index (χ3v) is 1.93. The lowest BCUT2D eigenvalue weighted by Crippen LogP contribution is -2.28. The topological polar surface area (TPSA) is 63.8 Å². The molecule has 0 aromatic carbocycles. The van der Waals surface area contributed by atoms with Crippen LogP contribution in [0.15, 0.2) is 12.3 Å². The highest BCUT2D eigenvalue weighted by Crippen LogP contribution is 2.14. The molecule has 0 aliphatic heterocycles. The summed E-state index contributed by atoms with van der Waals surface area (Å²) in [5.74, 6) is 8.73. The number of rotatable bonds is 4. The number of hydrogen-bond acceptors (Lipinski definition) is 4. The molecule has 4 heteroatoms. The molecule has 0 bridgehead atoms. The quantitative estimate of drug-likeness (QED) is 0.417. The predicted molar refractivity (Wildman–Crippen MR) is 54.9 cm³/mol. The van der Waals surface area contributed by atoms with Gasteiger partial charge in [-0.05, 0) is 19.4 Å². The van der Waals surface area contributed by atoms with E-state index in [1.807, 2.05) is 13.0 Å². The highest BCUT2D eigenvalue weighted by Gasteiger charge is 2.09. The molecule has 14 heavy (non-hydrogen) atoms. The van der Waals surface area contributed by atoms with E-state index in [-0.39, 0.29) is 6.04 Å². The largest absolute Gasteiger partial charge is 0.271 e. The average molecular weight is 190 g/mol. The molecule has 0 fully saturated rings. The van der Waals surface area contributed by atoms with Crippen molar-refractivity contribution in [2.24, 2.45) is 5.84 Å². The van der Waals surface area contributed by atoms with E-state index in [2.05, 4.69) is 21.3 Å². The number of hydrazine groups is 1. The Balaban J connectivity index is 2.74. The fourth-order valence-electron chi connectivity index (χ4n) is 1.21. The first-order chi connectivity index (χ1) is 6.77. The van der Waals surface area contributed by atoms with Gasteiger partial charge in [-0.25, -0.2) is 9.97 Å². The standard InChI is InChI=1S/C10H14N4/c1-3-4-5-10(14-11)9-6-7-12-8(2)13-9/h1,6-7,10,14H,4-5,11H2,2H3. The van der Waals surface area contributed by atoms with Crippen LogP contribution in [0.2, 0.25) is 0 Å². The van der Waals surface area contributed by atoms with Crippen molar-refractivity contribution >= 4 is 0 Å². The molecule has 0 amide bonds. The molecule has 1 unspecified atom stereocenters. The van der Waals surface area contributed by atoms with Crippen LogP contribution in [0.4, 0.5) is 0 Å². The van der Waals surface area contributed by atoms with E-state index >= 15 is 0 Å². The first-order valence-electron chi connectivity index (χ1n) is 4.47. The third-order valence-electron chi connectivity index (χ3n) is 1.93. The van der Waals surface area contributed by atoms with Crippen LogP contribution in [0.25, 0.3) is 0 Å². The zero-order chi connectivity index (χ0) is 10.4. The van der Waals surface area contributed by atoms with Crippen molar-refractivity contribution in [3.05, 3.63) is 23.8 Å². The van der Waals surface area contributed by atoms with Crippen LogP contribution < -0.4 is 11.3 Å². The Kier molecular flexibility index (Phi) is 4.05. The van der Waals surface area contributed by atoms with Crippen molar-refractivity contribution < 1.29 is 0 Å². The number of nitrogens with two attached hydrogens (primary N) is 1. The van der Waals surface area contributed by atoms with E-state index in [0.29, 0.717) is 6.42 Å². The van der Waals surface area contributed by atoms with Gasteiger partial charge in [0.2, 0.25) is 0 Å². The number of terminal acetylenes is 1. The van der Waals surface area contributed by atoms with Gasteiger partial charge in [-0.2, -0.15) is 0 Å². The van der Waals surface area contributed by atoms with Crippen molar-refractivity contribution in [3.63, 3.8) is 0 Å². The monoisotopic (exact) mass is 190 g/mol. The second-order valence-corrected chi connectivity index (χ2v) is 2.99. The Morgan fingerprint density at radius 1 is 1.71 bits per heavy atom. The summed E-state index contributed by atoms with van der Waals surface area (Å²) in [6.45, 7) is 1.85. The van der Waals surface area contributed by atoms with Crippen molar-refractivity contribution in [1.29, 1.82) is 0 Å². The molecule has 0 aliphatic carbocycles. The first kappa shape index (κ1) is 10.6. The van der Waals surface area contributed by atoms with Crippen LogP contribution in [-0.2, 0) is 0 Å². The molecule has 0 radical (unpaired) electrons. The second-order valence-electron chi connectivity index (χ2n) is 2.99. The summed E-state index contributed by atoms with van der Waals surface area (Å²) in [5.41, 5.74) is 3.58. The zero-order valence-electron chi connectivity index (χ0n) is 8.20.